The molecule has 0 spiro atoms. The molecular formula is C36H46O2. The van der Waals surface area contributed by atoms with Gasteiger partial charge in [0.05, 0.1) is 13.7 Å². The van der Waals surface area contributed by atoms with E-state index in [1.165, 1.54) is 103 Å². The molecule has 0 aliphatic heterocycles. The number of aryl methyl sites for hydroxylation is 3. The number of benzene rings is 3. The van der Waals surface area contributed by atoms with Crippen LogP contribution in [0.25, 0.3) is 0 Å². The lowest BCUT2D eigenvalue weighted by molar-refractivity contribution is 0.278. The summed E-state index contributed by atoms with van der Waals surface area (Å²) in [4.78, 5) is 0. The average Bonchev–Trinajstić information content (AvgIpc) is 2.96. The van der Waals surface area contributed by atoms with Gasteiger partial charge >= 0.3 is 0 Å². The smallest absolute Gasteiger partial charge is 0.118 e. The summed E-state index contributed by atoms with van der Waals surface area (Å²) in [6.07, 6.45) is 13.1. The Hall–Kier alpha value is -2.58. The van der Waals surface area contributed by atoms with Gasteiger partial charge in [-0.25, -0.2) is 0 Å². The zero-order valence-corrected chi connectivity index (χ0v) is 24.0. The normalized spacial score (nSPS) is 17.9. The topological polar surface area (TPSA) is 29.5 Å². The molecule has 1 N–H and O–H groups in total. The molecule has 0 radical (unpaired) electrons. The second-order valence-corrected chi connectivity index (χ2v) is 12.0. The fraction of sp³-hybridized carbons (Fsp3) is 0.500. The van der Waals surface area contributed by atoms with Crippen molar-refractivity contribution in [3.63, 3.8) is 0 Å². The minimum Gasteiger partial charge on any atom is -0.497 e. The first-order chi connectivity index (χ1) is 18.5. The van der Waals surface area contributed by atoms with Crippen molar-refractivity contribution in [1.82, 2.24) is 0 Å². The van der Waals surface area contributed by atoms with Crippen LogP contribution in [-0.2, 0) is 6.61 Å². The van der Waals surface area contributed by atoms with Crippen LogP contribution in [0.2, 0.25) is 0 Å². The van der Waals surface area contributed by atoms with Gasteiger partial charge in [0.2, 0.25) is 0 Å². The number of rotatable bonds is 7. The average molecular weight is 511 g/mol. The number of hydrogen-bond acceptors (Lipinski definition) is 2. The van der Waals surface area contributed by atoms with Gasteiger partial charge in [-0.2, -0.15) is 0 Å². The van der Waals surface area contributed by atoms with Crippen LogP contribution < -0.4 is 4.74 Å². The van der Waals surface area contributed by atoms with E-state index in [4.69, 9.17) is 4.74 Å². The van der Waals surface area contributed by atoms with E-state index in [1.54, 1.807) is 12.7 Å². The Morgan fingerprint density at radius 3 is 1.76 bits per heavy atom. The van der Waals surface area contributed by atoms with E-state index in [0.29, 0.717) is 11.8 Å². The molecule has 2 aliphatic rings. The van der Waals surface area contributed by atoms with E-state index < -0.39 is 0 Å². The predicted octanol–water partition coefficient (Wildman–Crippen LogP) is 9.39. The molecule has 5 rings (SSSR count). The molecule has 0 bridgehead atoms. The van der Waals surface area contributed by atoms with Crippen molar-refractivity contribution in [2.24, 2.45) is 0 Å². The van der Waals surface area contributed by atoms with Gasteiger partial charge in [0.25, 0.3) is 0 Å². The number of methoxy groups -OCH3 is 1. The summed E-state index contributed by atoms with van der Waals surface area (Å²) in [5.74, 6) is 2.28. The summed E-state index contributed by atoms with van der Waals surface area (Å²) in [5, 5.41) is 10.3. The summed E-state index contributed by atoms with van der Waals surface area (Å²) < 4.78 is 5.52. The Kier molecular flexibility index (Phi) is 8.58. The van der Waals surface area contributed by atoms with Gasteiger partial charge in [-0.05, 0) is 120 Å². The Labute approximate surface area is 230 Å². The zero-order chi connectivity index (χ0) is 26.6. The van der Waals surface area contributed by atoms with Crippen LogP contribution in [0.5, 0.6) is 5.75 Å². The molecule has 0 saturated heterocycles. The maximum Gasteiger partial charge on any atom is 0.118 e. The lowest BCUT2D eigenvalue weighted by Gasteiger charge is -2.30. The Bertz CT molecular complexity index is 1230. The third kappa shape index (κ3) is 5.57. The van der Waals surface area contributed by atoms with Crippen molar-refractivity contribution in [1.29, 1.82) is 0 Å². The van der Waals surface area contributed by atoms with E-state index in [2.05, 4.69) is 69.3 Å². The number of aliphatic hydroxyl groups is 1. The van der Waals surface area contributed by atoms with Gasteiger partial charge in [0.1, 0.15) is 5.75 Å². The minimum absolute atomic E-state index is 0.121. The highest BCUT2D eigenvalue weighted by molar-refractivity contribution is 5.54. The molecule has 1 unspecified atom stereocenters. The molecule has 2 saturated carbocycles. The maximum absolute atomic E-state index is 10.3. The van der Waals surface area contributed by atoms with Crippen molar-refractivity contribution in [2.75, 3.05) is 7.11 Å². The number of hydrogen-bond donors (Lipinski definition) is 1. The summed E-state index contributed by atoms with van der Waals surface area (Å²) in [5.41, 5.74) is 12.3. The van der Waals surface area contributed by atoms with Gasteiger partial charge in [-0.15, -0.1) is 0 Å². The summed E-state index contributed by atoms with van der Waals surface area (Å²) in [6, 6.07) is 18.5. The monoisotopic (exact) mass is 510 g/mol. The van der Waals surface area contributed by atoms with E-state index >= 15 is 0 Å². The molecule has 0 aromatic heterocycles. The molecular weight excluding hydrogens is 464 g/mol. The molecule has 2 fully saturated rings. The third-order valence-corrected chi connectivity index (χ3v) is 9.51. The van der Waals surface area contributed by atoms with Crippen LogP contribution in [0.15, 0.2) is 48.5 Å². The highest BCUT2D eigenvalue weighted by Crippen LogP contribution is 2.43. The fourth-order valence-corrected chi connectivity index (χ4v) is 7.42. The van der Waals surface area contributed by atoms with Crippen molar-refractivity contribution >= 4 is 0 Å². The molecule has 38 heavy (non-hydrogen) atoms. The quantitative estimate of drug-likeness (QED) is 0.321. The lowest BCUT2D eigenvalue weighted by atomic mass is 9.74. The second-order valence-electron chi connectivity index (χ2n) is 12.0. The van der Waals surface area contributed by atoms with Crippen LogP contribution in [-0.4, -0.2) is 12.2 Å². The number of aliphatic hydroxyl groups excluding tert-OH is 1. The predicted molar refractivity (Wildman–Crippen MR) is 159 cm³/mol. The molecule has 202 valence electrons. The summed E-state index contributed by atoms with van der Waals surface area (Å²) in [6.45, 7) is 6.96. The van der Waals surface area contributed by atoms with E-state index in [1.807, 2.05) is 0 Å². The highest BCUT2D eigenvalue weighted by Gasteiger charge is 2.27. The van der Waals surface area contributed by atoms with E-state index in [-0.39, 0.29) is 12.5 Å². The summed E-state index contributed by atoms with van der Waals surface area (Å²) >= 11 is 0. The first-order valence-corrected chi connectivity index (χ1v) is 15.0. The number of ether oxygens (including phenoxy) is 1. The molecule has 0 heterocycles. The summed E-state index contributed by atoms with van der Waals surface area (Å²) in [7, 11) is 1.74. The zero-order valence-electron chi connectivity index (χ0n) is 24.0. The molecule has 0 amide bonds. The molecule has 2 heteroatoms. The van der Waals surface area contributed by atoms with Crippen LogP contribution in [0.1, 0.15) is 132 Å². The second kappa shape index (κ2) is 12.1. The molecule has 3 aromatic carbocycles. The van der Waals surface area contributed by atoms with Crippen LogP contribution in [0.3, 0.4) is 0 Å². The van der Waals surface area contributed by atoms with Crippen LogP contribution in [0.4, 0.5) is 0 Å². The minimum atomic E-state index is 0.121. The van der Waals surface area contributed by atoms with Crippen molar-refractivity contribution in [3.8, 4) is 5.75 Å². The van der Waals surface area contributed by atoms with Gasteiger partial charge in [-0.3, -0.25) is 0 Å². The standard InChI is InChI=1S/C36H46O2/c1-24-19-25(2)33(21-32(24)27-11-7-5-8-12-27)36(29-15-17-31(38-4)18-16-29)34-22-35(28-13-9-6-10-14-28)30(23-37)20-26(34)3/h15-22,27-28,36-37H,5-14,23H2,1-4H3. The Morgan fingerprint density at radius 2 is 1.21 bits per heavy atom. The van der Waals surface area contributed by atoms with E-state index in [0.717, 1.165) is 11.3 Å². The van der Waals surface area contributed by atoms with Gasteiger partial charge in [0, 0.05) is 5.92 Å². The van der Waals surface area contributed by atoms with Gasteiger partial charge in [0.15, 0.2) is 0 Å². The molecule has 2 nitrogen and oxygen atoms in total. The van der Waals surface area contributed by atoms with Gasteiger partial charge < -0.3 is 9.84 Å². The van der Waals surface area contributed by atoms with Crippen molar-refractivity contribution < 1.29 is 9.84 Å². The SMILES string of the molecule is COc1ccc(C(c2cc(C3CCCCC3)c(C)cc2C)c2cc(C3CCCCC3)c(CO)cc2C)cc1. The Balaban J connectivity index is 1.69. The molecule has 1 atom stereocenters. The van der Waals surface area contributed by atoms with Crippen molar-refractivity contribution in [3.05, 3.63) is 98.6 Å². The third-order valence-electron chi connectivity index (χ3n) is 9.51. The van der Waals surface area contributed by atoms with E-state index in [9.17, 15) is 5.11 Å². The first-order valence-electron chi connectivity index (χ1n) is 15.0. The highest BCUT2D eigenvalue weighted by atomic mass is 16.5. The first kappa shape index (κ1) is 27.0. The molecule has 3 aromatic rings. The van der Waals surface area contributed by atoms with Gasteiger partial charge in [-0.1, -0.05) is 74.9 Å². The van der Waals surface area contributed by atoms with Crippen LogP contribution >= 0.6 is 0 Å². The maximum atomic E-state index is 10.3. The van der Waals surface area contributed by atoms with Crippen LogP contribution in [0, 0.1) is 20.8 Å². The fourth-order valence-electron chi connectivity index (χ4n) is 7.42. The molecule has 2 aliphatic carbocycles. The lowest BCUT2D eigenvalue weighted by Crippen LogP contribution is -2.14. The van der Waals surface area contributed by atoms with Crippen molar-refractivity contribution in [2.45, 2.75) is 109 Å². The largest absolute Gasteiger partial charge is 0.497 e. The Morgan fingerprint density at radius 1 is 0.684 bits per heavy atom.